The van der Waals surface area contributed by atoms with E-state index in [0.717, 1.165) is 0 Å². The van der Waals surface area contributed by atoms with Crippen LogP contribution in [0.1, 0.15) is 10.4 Å². The molecule has 0 radical (unpaired) electrons. The summed E-state index contributed by atoms with van der Waals surface area (Å²) in [5.41, 5.74) is 5.53. The maximum atomic E-state index is 10.4. The number of carbonyl (C=O) groups excluding carboxylic acids is 1. The second-order valence-electron chi connectivity index (χ2n) is 2.24. The largest absolute Gasteiger partial charge is 0.692 e. The molecule has 0 heterocycles. The third-order valence-corrected chi connectivity index (χ3v) is 1.06. The van der Waals surface area contributed by atoms with Crippen molar-refractivity contribution in [2.75, 3.05) is 0 Å². The highest BCUT2D eigenvalue weighted by Gasteiger charge is 1.94. The zero-order chi connectivity index (χ0) is 13.8. The number of primary amides is 1. The first-order valence-corrected chi connectivity index (χ1v) is 6.15. The van der Waals surface area contributed by atoms with Gasteiger partial charge in [0.05, 0.1) is 0 Å². The van der Waals surface area contributed by atoms with Gasteiger partial charge in [0.1, 0.15) is 0 Å². The monoisotopic (exact) mass is 283 g/mol. The van der Waals surface area contributed by atoms with Crippen molar-refractivity contribution in [2.24, 2.45) is 5.73 Å². The highest BCUT2D eigenvalue weighted by atomic mass is 31.1. The van der Waals surface area contributed by atoms with Crippen LogP contribution in [0.4, 0.5) is 0 Å². The Hall–Kier alpha value is -1.27. The Morgan fingerprint density at radius 3 is 1.41 bits per heavy atom. The Labute approximate surface area is 98.2 Å². The van der Waals surface area contributed by atoms with E-state index in [2.05, 4.69) is 0 Å². The molecule has 0 atom stereocenters. The molecule has 1 amide bonds. The van der Waals surface area contributed by atoms with Gasteiger partial charge in [0.15, 0.2) is 0 Å². The van der Waals surface area contributed by atoms with Crippen LogP contribution in [0.5, 0.6) is 0 Å². The number of nitrogens with two attached hydrogens (primary N) is 1. The predicted molar refractivity (Wildman–Crippen MR) is 59.0 cm³/mol. The third kappa shape index (κ3) is 20.7. The molecule has 0 saturated heterocycles. The van der Waals surface area contributed by atoms with Gasteiger partial charge in [-0.25, -0.2) is 0 Å². The lowest BCUT2D eigenvalue weighted by Gasteiger charge is -1.89. The van der Waals surface area contributed by atoms with Crippen LogP contribution in [0.15, 0.2) is 30.3 Å². The Morgan fingerprint density at radius 2 is 1.24 bits per heavy atom. The van der Waals surface area contributed by atoms with Crippen LogP contribution >= 0.6 is 16.5 Å². The van der Waals surface area contributed by atoms with Gasteiger partial charge in [0, 0.05) is 14.7 Å². The fourth-order valence-electron chi connectivity index (χ4n) is 0.602. The lowest BCUT2D eigenvalue weighted by Crippen LogP contribution is -2.09. The number of carbonyl (C=O) groups is 1. The van der Waals surface area contributed by atoms with Crippen LogP contribution in [0.25, 0.3) is 0 Å². The lowest BCUT2D eigenvalue weighted by atomic mass is 10.2. The number of hydrogen-bond donors (Lipinski definition) is 5. The van der Waals surface area contributed by atoms with Crippen molar-refractivity contribution in [3.8, 4) is 0 Å². The molecule has 1 aromatic carbocycles. The number of benzene rings is 1. The quantitative estimate of drug-likeness (QED) is 0.455. The van der Waals surface area contributed by atoms with Crippen molar-refractivity contribution in [3.05, 3.63) is 35.9 Å². The van der Waals surface area contributed by atoms with Gasteiger partial charge in [-0.2, -0.15) is 0 Å². The highest BCUT2D eigenvalue weighted by molar-refractivity contribution is 7.31. The van der Waals surface area contributed by atoms with Crippen LogP contribution in [0.3, 0.4) is 0 Å². The smallest absolute Gasteiger partial charge is 0.366 e. The fourth-order valence-corrected chi connectivity index (χ4v) is 0.602. The number of rotatable bonds is 1. The standard InChI is InChI=1S/C7H7NO.2HO3P/c8-7(9)6-4-2-1-3-5-6;2*1-4(2)3/h1-5H,(H2,8,9);2*(H-,1,2,3)/p+2. The molecule has 0 aliphatic carbocycles. The van der Waals surface area contributed by atoms with Gasteiger partial charge in [-0.15, -0.1) is 19.6 Å². The van der Waals surface area contributed by atoms with Crippen LogP contribution in [-0.4, -0.2) is 25.5 Å². The van der Waals surface area contributed by atoms with Crippen molar-refractivity contribution >= 4 is 22.4 Å². The van der Waals surface area contributed by atoms with E-state index >= 15 is 0 Å². The number of hydrogen-bond acceptors (Lipinski definition) is 3. The van der Waals surface area contributed by atoms with E-state index in [9.17, 15) is 4.79 Å². The molecule has 6 N–H and O–H groups in total. The van der Waals surface area contributed by atoms with Crippen LogP contribution in [-0.2, 0) is 9.13 Å². The Bertz CT molecular complexity index is 350. The molecule has 0 aliphatic rings. The first kappa shape index (κ1) is 18.1. The van der Waals surface area contributed by atoms with Gasteiger partial charge in [-0.3, -0.25) is 4.79 Å². The first-order valence-electron chi connectivity index (χ1n) is 3.82. The molecule has 0 unspecified atom stereocenters. The molecule has 0 bridgehead atoms. The summed E-state index contributed by atoms with van der Waals surface area (Å²) in [4.78, 5) is 38.9. The van der Waals surface area contributed by atoms with Gasteiger partial charge in [0.25, 0.3) is 0 Å². The zero-order valence-corrected chi connectivity index (χ0v) is 10.2. The van der Waals surface area contributed by atoms with Gasteiger partial charge in [-0.05, 0) is 12.1 Å². The van der Waals surface area contributed by atoms with Crippen LogP contribution < -0.4 is 5.73 Å². The average Bonchev–Trinajstić information content (AvgIpc) is 2.17. The molecule has 0 aromatic heterocycles. The lowest BCUT2D eigenvalue weighted by molar-refractivity contribution is 0.1000. The molecule has 94 valence electrons. The summed E-state index contributed by atoms with van der Waals surface area (Å²) in [6.07, 6.45) is 0. The van der Waals surface area contributed by atoms with Gasteiger partial charge >= 0.3 is 16.5 Å². The van der Waals surface area contributed by atoms with Crippen LogP contribution in [0, 0.1) is 0 Å². The molecule has 17 heavy (non-hydrogen) atoms. The van der Waals surface area contributed by atoms with Gasteiger partial charge in [0.2, 0.25) is 5.91 Å². The van der Waals surface area contributed by atoms with Crippen LogP contribution in [0.2, 0.25) is 0 Å². The highest BCUT2D eigenvalue weighted by Crippen LogP contribution is 1.99. The average molecular weight is 283 g/mol. The van der Waals surface area contributed by atoms with Crippen molar-refractivity contribution in [1.29, 1.82) is 0 Å². The summed E-state index contributed by atoms with van der Waals surface area (Å²) < 4.78 is 17.4. The van der Waals surface area contributed by atoms with E-state index in [0.29, 0.717) is 5.56 Å². The minimum absolute atomic E-state index is 0.379. The molecule has 0 aliphatic heterocycles. The minimum Gasteiger partial charge on any atom is -0.366 e. The molecule has 0 spiro atoms. The zero-order valence-electron chi connectivity index (χ0n) is 8.37. The van der Waals surface area contributed by atoms with E-state index < -0.39 is 16.5 Å². The molecule has 8 nitrogen and oxygen atoms in total. The van der Waals surface area contributed by atoms with Gasteiger partial charge in [-0.1, -0.05) is 18.2 Å². The summed E-state index contributed by atoms with van der Waals surface area (Å²) in [5.74, 6) is -0.379. The topological polar surface area (TPSA) is 158 Å². The van der Waals surface area contributed by atoms with Gasteiger partial charge < -0.3 is 5.73 Å². The molecule has 0 saturated carbocycles. The Morgan fingerprint density at radius 1 is 0.941 bits per heavy atom. The molecule has 1 rings (SSSR count). The minimum atomic E-state index is -2.87. The predicted octanol–water partition coefficient (Wildman–Crippen LogP) is 0.0423. The number of amides is 1. The normalized spacial score (nSPS) is 7.76. The SMILES string of the molecule is NC(=O)c1ccccc1.O=[P+](O)O.O=[P+](O)O. The van der Waals surface area contributed by atoms with E-state index in [1.165, 1.54) is 0 Å². The first-order chi connectivity index (χ1) is 7.77. The summed E-state index contributed by atoms with van der Waals surface area (Å²) in [6.45, 7) is 0. The van der Waals surface area contributed by atoms with E-state index in [-0.39, 0.29) is 5.91 Å². The Balaban J connectivity index is 0. The van der Waals surface area contributed by atoms with Crippen molar-refractivity contribution in [3.63, 3.8) is 0 Å². The molecular formula is C7H11NO7P2+2. The van der Waals surface area contributed by atoms with Crippen molar-refractivity contribution < 1.29 is 33.5 Å². The third-order valence-electron chi connectivity index (χ3n) is 1.06. The van der Waals surface area contributed by atoms with Crippen molar-refractivity contribution in [2.45, 2.75) is 0 Å². The molecule has 1 aromatic rings. The second kappa shape index (κ2) is 11.2. The molecular weight excluding hydrogens is 272 g/mol. The maximum Gasteiger partial charge on any atom is 0.692 e. The summed E-state index contributed by atoms with van der Waals surface area (Å²) in [6, 6.07) is 8.76. The second-order valence-corrected chi connectivity index (χ2v) is 3.25. The molecule has 0 fully saturated rings. The summed E-state index contributed by atoms with van der Waals surface area (Å²) in [5, 5.41) is 0. The Kier molecular flexibility index (Phi) is 12.0. The molecule has 10 heteroatoms. The maximum absolute atomic E-state index is 10.4. The van der Waals surface area contributed by atoms with E-state index in [1.54, 1.807) is 24.3 Å². The summed E-state index contributed by atoms with van der Waals surface area (Å²) >= 11 is 0. The summed E-state index contributed by atoms with van der Waals surface area (Å²) in [7, 11) is -5.74. The fraction of sp³-hybridized carbons (Fsp3) is 0. The van der Waals surface area contributed by atoms with E-state index in [1.807, 2.05) is 6.07 Å². The van der Waals surface area contributed by atoms with E-state index in [4.69, 9.17) is 34.4 Å². The van der Waals surface area contributed by atoms with Crippen molar-refractivity contribution in [1.82, 2.24) is 0 Å².